The Morgan fingerprint density at radius 1 is 1.35 bits per heavy atom. The van der Waals surface area contributed by atoms with Crippen LogP contribution < -0.4 is 11.5 Å². The van der Waals surface area contributed by atoms with Crippen molar-refractivity contribution in [1.29, 1.82) is 0 Å². The van der Waals surface area contributed by atoms with Crippen LogP contribution in [0.3, 0.4) is 0 Å². The zero-order valence-electron chi connectivity index (χ0n) is 8.57. The highest BCUT2D eigenvalue weighted by Crippen LogP contribution is 2.22. The van der Waals surface area contributed by atoms with E-state index < -0.39 is 24.1 Å². The van der Waals surface area contributed by atoms with Crippen LogP contribution in [0.4, 0.5) is 5.82 Å². The van der Waals surface area contributed by atoms with Crippen LogP contribution >= 0.6 is 0 Å². The number of aromatic nitrogens is 1. The van der Waals surface area contributed by atoms with Crippen molar-refractivity contribution in [1.82, 2.24) is 4.98 Å². The van der Waals surface area contributed by atoms with E-state index in [0.717, 1.165) is 12.3 Å². The number of anilines is 1. The number of primary amides is 1. The average molecular weight is 241 g/mol. The Balaban J connectivity index is 3.16. The number of rotatable bonds is 4. The van der Waals surface area contributed by atoms with Gasteiger partial charge in [-0.1, -0.05) is 0 Å². The molecule has 2 atom stereocenters. The highest BCUT2D eigenvalue weighted by molar-refractivity contribution is 5.88. The van der Waals surface area contributed by atoms with Gasteiger partial charge in [0.2, 0.25) is 5.91 Å². The maximum atomic E-state index is 10.7. The van der Waals surface area contributed by atoms with Crippen LogP contribution in [0.15, 0.2) is 12.3 Å². The van der Waals surface area contributed by atoms with E-state index in [1.807, 2.05) is 0 Å². The Labute approximate surface area is 95.5 Å². The number of aliphatic hydroxyl groups excluding tert-OH is 2. The Bertz CT molecular complexity index is 462. The summed E-state index contributed by atoms with van der Waals surface area (Å²) in [6, 6.07) is 1.02. The second-order valence-electron chi connectivity index (χ2n) is 3.30. The molecule has 0 aromatic carbocycles. The molecule has 0 saturated heterocycles. The van der Waals surface area contributed by atoms with E-state index >= 15 is 0 Å². The first-order valence-electron chi connectivity index (χ1n) is 4.48. The van der Waals surface area contributed by atoms with E-state index in [0.29, 0.717) is 0 Å². The van der Waals surface area contributed by atoms with Crippen LogP contribution in [-0.4, -0.2) is 38.3 Å². The maximum absolute atomic E-state index is 10.7. The number of carbonyl (C=O) groups excluding carboxylic acids is 1. The van der Waals surface area contributed by atoms with Gasteiger partial charge in [-0.15, -0.1) is 0 Å². The summed E-state index contributed by atoms with van der Waals surface area (Å²) >= 11 is 0. The number of carbonyl (C=O) groups is 2. The number of amides is 1. The van der Waals surface area contributed by atoms with Crippen LogP contribution in [0.25, 0.3) is 0 Å². The molecule has 1 heterocycles. The summed E-state index contributed by atoms with van der Waals surface area (Å²) in [6.45, 7) is 0. The van der Waals surface area contributed by atoms with Crippen molar-refractivity contribution in [2.24, 2.45) is 5.73 Å². The van der Waals surface area contributed by atoms with Gasteiger partial charge in [-0.3, -0.25) is 4.79 Å². The fraction of sp³-hybridized carbons (Fsp3) is 0.222. The normalized spacial score (nSPS) is 14.0. The van der Waals surface area contributed by atoms with Crippen molar-refractivity contribution < 1.29 is 24.9 Å². The number of nitrogen functional groups attached to an aromatic ring is 1. The predicted molar refractivity (Wildman–Crippen MR) is 55.8 cm³/mol. The third-order valence-electron chi connectivity index (χ3n) is 2.11. The smallest absolute Gasteiger partial charge is 0.337 e. The van der Waals surface area contributed by atoms with Gasteiger partial charge < -0.3 is 26.8 Å². The molecule has 17 heavy (non-hydrogen) atoms. The van der Waals surface area contributed by atoms with Gasteiger partial charge in [0.25, 0.3) is 0 Å². The number of carboxylic acid groups (broad SMARTS) is 1. The second-order valence-corrected chi connectivity index (χ2v) is 3.30. The molecule has 8 nitrogen and oxygen atoms in total. The molecule has 0 saturated carbocycles. The summed E-state index contributed by atoms with van der Waals surface area (Å²) in [5.74, 6) is -2.63. The lowest BCUT2D eigenvalue weighted by atomic mass is 10.0. The molecule has 0 radical (unpaired) electrons. The summed E-state index contributed by atoms with van der Waals surface area (Å²) in [7, 11) is 0. The Hall–Kier alpha value is -2.19. The number of carboxylic acids is 1. The van der Waals surface area contributed by atoms with Crippen LogP contribution in [0.2, 0.25) is 0 Å². The second kappa shape index (κ2) is 4.76. The lowest BCUT2D eigenvalue weighted by molar-refractivity contribution is -0.131. The maximum Gasteiger partial charge on any atom is 0.337 e. The van der Waals surface area contributed by atoms with Gasteiger partial charge in [-0.05, 0) is 6.07 Å². The molecular formula is C9H11N3O5. The molecule has 1 aromatic heterocycles. The molecule has 8 heteroatoms. The van der Waals surface area contributed by atoms with Crippen LogP contribution in [0.1, 0.15) is 22.0 Å². The van der Waals surface area contributed by atoms with Gasteiger partial charge in [-0.25, -0.2) is 9.78 Å². The van der Waals surface area contributed by atoms with Crippen molar-refractivity contribution in [2.75, 3.05) is 5.73 Å². The monoisotopic (exact) mass is 241 g/mol. The lowest BCUT2D eigenvalue weighted by Gasteiger charge is -2.16. The minimum absolute atomic E-state index is 0.170. The fourth-order valence-electron chi connectivity index (χ4n) is 1.17. The van der Waals surface area contributed by atoms with Gasteiger partial charge >= 0.3 is 5.97 Å². The molecule has 92 valence electrons. The molecule has 1 aromatic rings. The van der Waals surface area contributed by atoms with Gasteiger partial charge in [0, 0.05) is 11.8 Å². The summed E-state index contributed by atoms with van der Waals surface area (Å²) in [5.41, 5.74) is 9.80. The molecule has 1 rings (SSSR count). The van der Waals surface area contributed by atoms with E-state index in [4.69, 9.17) is 16.6 Å². The zero-order valence-corrected chi connectivity index (χ0v) is 8.57. The minimum Gasteiger partial charge on any atom is -0.478 e. The van der Waals surface area contributed by atoms with Gasteiger partial charge in [0.1, 0.15) is 11.9 Å². The number of nitrogens with zero attached hydrogens (tertiary/aromatic N) is 1. The highest BCUT2D eigenvalue weighted by Gasteiger charge is 2.26. The largest absolute Gasteiger partial charge is 0.478 e. The molecule has 0 aliphatic carbocycles. The third-order valence-corrected chi connectivity index (χ3v) is 2.11. The van der Waals surface area contributed by atoms with Crippen molar-refractivity contribution in [2.45, 2.75) is 12.2 Å². The summed E-state index contributed by atoms with van der Waals surface area (Å²) in [6.07, 6.45) is -2.62. The topological polar surface area (TPSA) is 160 Å². The Morgan fingerprint density at radius 3 is 2.41 bits per heavy atom. The van der Waals surface area contributed by atoms with Crippen LogP contribution in [0.5, 0.6) is 0 Å². The minimum atomic E-state index is -1.89. The molecule has 0 bridgehead atoms. The van der Waals surface area contributed by atoms with Gasteiger partial charge in [-0.2, -0.15) is 0 Å². The number of aromatic carboxylic acids is 1. The fourth-order valence-corrected chi connectivity index (χ4v) is 1.17. The van der Waals surface area contributed by atoms with E-state index in [9.17, 15) is 19.8 Å². The summed E-state index contributed by atoms with van der Waals surface area (Å²) < 4.78 is 0. The van der Waals surface area contributed by atoms with E-state index in [-0.39, 0.29) is 16.9 Å². The van der Waals surface area contributed by atoms with Crippen molar-refractivity contribution in [3.63, 3.8) is 0 Å². The SMILES string of the molecule is NC(=O)C(O)C(O)c1cc(C(=O)O)cnc1N. The first kappa shape index (κ1) is 12.9. The third kappa shape index (κ3) is 2.68. The molecule has 0 spiro atoms. The molecular weight excluding hydrogens is 230 g/mol. The standard InChI is InChI=1S/C9H11N3O5/c10-7-4(5(13)6(14)8(11)15)1-3(2-12-7)9(16)17/h1-2,5-6,13-14H,(H2,10,12)(H2,11,15)(H,16,17). The molecule has 0 fully saturated rings. The molecule has 0 aliphatic rings. The van der Waals surface area contributed by atoms with Crippen molar-refractivity contribution in [3.8, 4) is 0 Å². The first-order valence-corrected chi connectivity index (χ1v) is 4.48. The van der Waals surface area contributed by atoms with Crippen molar-refractivity contribution >= 4 is 17.7 Å². The highest BCUT2D eigenvalue weighted by atomic mass is 16.4. The first-order chi connectivity index (χ1) is 7.84. The molecule has 0 aliphatic heterocycles. The van der Waals surface area contributed by atoms with Gasteiger partial charge in [0.05, 0.1) is 5.56 Å². The number of nitrogens with two attached hydrogens (primary N) is 2. The number of hydrogen-bond donors (Lipinski definition) is 5. The van der Waals surface area contributed by atoms with Crippen molar-refractivity contribution in [3.05, 3.63) is 23.4 Å². The van der Waals surface area contributed by atoms with E-state index in [1.54, 1.807) is 0 Å². The number of aliphatic hydroxyl groups is 2. The van der Waals surface area contributed by atoms with Crippen LogP contribution in [-0.2, 0) is 4.79 Å². The lowest BCUT2D eigenvalue weighted by Crippen LogP contribution is -2.34. The van der Waals surface area contributed by atoms with E-state index in [1.165, 1.54) is 0 Å². The quantitative estimate of drug-likeness (QED) is 0.417. The molecule has 1 amide bonds. The van der Waals surface area contributed by atoms with Gasteiger partial charge in [0.15, 0.2) is 6.10 Å². The Morgan fingerprint density at radius 2 is 1.94 bits per heavy atom. The zero-order chi connectivity index (χ0) is 13.2. The predicted octanol–water partition coefficient (Wildman–Crippen LogP) is -1.76. The summed E-state index contributed by atoms with van der Waals surface area (Å²) in [4.78, 5) is 24.9. The number of pyridine rings is 1. The average Bonchev–Trinajstić information content (AvgIpc) is 2.27. The summed E-state index contributed by atoms with van der Waals surface area (Å²) in [5, 5.41) is 27.5. The van der Waals surface area contributed by atoms with E-state index in [2.05, 4.69) is 4.98 Å². The number of hydrogen-bond acceptors (Lipinski definition) is 6. The van der Waals surface area contributed by atoms with Crippen LogP contribution in [0, 0.1) is 0 Å². The Kier molecular flexibility index (Phi) is 3.61. The molecule has 2 unspecified atom stereocenters. The molecule has 7 N–H and O–H groups in total.